The Labute approximate surface area is 98.9 Å². The summed E-state index contributed by atoms with van der Waals surface area (Å²) < 4.78 is 0. The van der Waals surface area contributed by atoms with Crippen molar-refractivity contribution in [2.45, 2.75) is 32.1 Å². The van der Waals surface area contributed by atoms with E-state index in [-0.39, 0.29) is 6.42 Å². The Hall–Kier alpha value is -1.10. The van der Waals surface area contributed by atoms with E-state index >= 15 is 0 Å². The number of rotatable bonds is 4. The van der Waals surface area contributed by atoms with Crippen LogP contribution >= 0.6 is 11.3 Å². The molecule has 1 N–H and O–H groups in total. The second-order valence-corrected chi connectivity index (χ2v) is 4.90. The minimum Gasteiger partial charge on any atom is -0.481 e. The first kappa shape index (κ1) is 11.4. The average Bonchev–Trinajstić information content (AvgIpc) is 2.76. The minimum atomic E-state index is -0.757. The molecule has 1 fully saturated rings. The van der Waals surface area contributed by atoms with E-state index < -0.39 is 5.97 Å². The van der Waals surface area contributed by atoms with Gasteiger partial charge in [0.25, 0.3) is 0 Å². The molecular weight excluding hydrogens is 224 g/mol. The van der Waals surface area contributed by atoms with Crippen LogP contribution in [0.2, 0.25) is 0 Å². The van der Waals surface area contributed by atoms with Gasteiger partial charge >= 0.3 is 5.97 Å². The molecular formula is C11H16N2O2S. The van der Waals surface area contributed by atoms with Crippen LogP contribution in [-0.4, -0.2) is 29.1 Å². The summed E-state index contributed by atoms with van der Waals surface area (Å²) in [5.41, 5.74) is 0.910. The molecule has 0 aromatic carbocycles. The monoisotopic (exact) mass is 240 g/mol. The summed E-state index contributed by atoms with van der Waals surface area (Å²) in [6.45, 7) is 2.18. The number of carboxylic acids is 1. The van der Waals surface area contributed by atoms with Crippen molar-refractivity contribution in [3.05, 3.63) is 11.1 Å². The molecule has 2 rings (SSSR count). The summed E-state index contributed by atoms with van der Waals surface area (Å²) in [6.07, 6.45) is 4.50. The summed E-state index contributed by atoms with van der Waals surface area (Å²) in [7, 11) is 0. The molecule has 4 nitrogen and oxygen atoms in total. The lowest BCUT2D eigenvalue weighted by atomic mass is 10.1. The smallest absolute Gasteiger partial charge is 0.303 e. The first-order valence-electron chi connectivity index (χ1n) is 5.67. The maximum Gasteiger partial charge on any atom is 0.303 e. The van der Waals surface area contributed by atoms with Crippen molar-refractivity contribution < 1.29 is 9.90 Å². The van der Waals surface area contributed by atoms with E-state index in [1.807, 2.05) is 5.38 Å². The lowest BCUT2D eigenvalue weighted by molar-refractivity contribution is -0.136. The van der Waals surface area contributed by atoms with Gasteiger partial charge in [-0.3, -0.25) is 4.79 Å². The molecule has 0 aliphatic carbocycles. The Morgan fingerprint density at radius 1 is 1.44 bits per heavy atom. The van der Waals surface area contributed by atoms with Gasteiger partial charge in [0.1, 0.15) is 0 Å². The van der Waals surface area contributed by atoms with Gasteiger partial charge in [-0.25, -0.2) is 4.98 Å². The van der Waals surface area contributed by atoms with Crippen LogP contribution in [0.1, 0.15) is 31.4 Å². The van der Waals surface area contributed by atoms with Crippen molar-refractivity contribution in [2.75, 3.05) is 18.0 Å². The van der Waals surface area contributed by atoms with Crippen LogP contribution in [0.3, 0.4) is 0 Å². The number of aromatic nitrogens is 1. The molecule has 0 saturated carbocycles. The fourth-order valence-corrected chi connectivity index (χ4v) is 2.79. The zero-order valence-corrected chi connectivity index (χ0v) is 10.0. The Morgan fingerprint density at radius 3 is 2.88 bits per heavy atom. The molecule has 1 aromatic heterocycles. The molecule has 0 atom stereocenters. The summed E-state index contributed by atoms with van der Waals surface area (Å²) >= 11 is 1.63. The molecule has 5 heteroatoms. The van der Waals surface area contributed by atoms with E-state index in [0.29, 0.717) is 6.42 Å². The van der Waals surface area contributed by atoms with Crippen molar-refractivity contribution in [1.29, 1.82) is 0 Å². The van der Waals surface area contributed by atoms with E-state index in [4.69, 9.17) is 5.11 Å². The van der Waals surface area contributed by atoms with Gasteiger partial charge in [-0.2, -0.15) is 0 Å². The topological polar surface area (TPSA) is 53.4 Å². The van der Waals surface area contributed by atoms with Crippen molar-refractivity contribution in [2.24, 2.45) is 0 Å². The minimum absolute atomic E-state index is 0.170. The van der Waals surface area contributed by atoms with E-state index in [1.165, 1.54) is 19.3 Å². The number of anilines is 1. The van der Waals surface area contributed by atoms with Crippen molar-refractivity contribution in [3.8, 4) is 0 Å². The van der Waals surface area contributed by atoms with Crippen molar-refractivity contribution in [3.63, 3.8) is 0 Å². The molecule has 1 aromatic rings. The van der Waals surface area contributed by atoms with Crippen LogP contribution < -0.4 is 4.90 Å². The van der Waals surface area contributed by atoms with E-state index in [1.54, 1.807) is 11.3 Å². The standard InChI is InChI=1S/C11H16N2O2S/c14-10(15)5-4-9-8-16-11(12-9)13-6-2-1-3-7-13/h8H,1-7H2,(H,14,15). The third-order valence-electron chi connectivity index (χ3n) is 2.76. The van der Waals surface area contributed by atoms with Gasteiger partial charge in [-0.05, 0) is 19.3 Å². The zero-order chi connectivity index (χ0) is 11.4. The van der Waals surface area contributed by atoms with Crippen molar-refractivity contribution >= 4 is 22.4 Å². The van der Waals surface area contributed by atoms with Gasteiger partial charge in [0.15, 0.2) is 5.13 Å². The van der Waals surface area contributed by atoms with Crippen LogP contribution in [0.5, 0.6) is 0 Å². The highest BCUT2D eigenvalue weighted by Gasteiger charge is 2.14. The number of hydrogen-bond donors (Lipinski definition) is 1. The quantitative estimate of drug-likeness (QED) is 0.876. The maximum atomic E-state index is 10.4. The Kier molecular flexibility index (Phi) is 3.77. The molecule has 2 heterocycles. The number of nitrogens with zero attached hydrogens (tertiary/aromatic N) is 2. The van der Waals surface area contributed by atoms with Crippen LogP contribution in [0.4, 0.5) is 5.13 Å². The predicted octanol–water partition coefficient (Wildman–Crippen LogP) is 2.15. The summed E-state index contributed by atoms with van der Waals surface area (Å²) in [4.78, 5) is 17.2. The second kappa shape index (κ2) is 5.30. The van der Waals surface area contributed by atoms with Gasteiger partial charge in [0, 0.05) is 24.9 Å². The molecule has 0 spiro atoms. The van der Waals surface area contributed by atoms with Gasteiger partial charge < -0.3 is 10.0 Å². The Morgan fingerprint density at radius 2 is 2.19 bits per heavy atom. The van der Waals surface area contributed by atoms with Crippen LogP contribution in [0.15, 0.2) is 5.38 Å². The molecule has 0 unspecified atom stereocenters. The first-order valence-corrected chi connectivity index (χ1v) is 6.55. The fourth-order valence-electron chi connectivity index (χ4n) is 1.88. The second-order valence-electron chi connectivity index (χ2n) is 4.06. The third-order valence-corrected chi connectivity index (χ3v) is 3.71. The summed E-state index contributed by atoms with van der Waals surface area (Å²) in [5.74, 6) is -0.757. The molecule has 0 bridgehead atoms. The lowest BCUT2D eigenvalue weighted by Crippen LogP contribution is -2.29. The zero-order valence-electron chi connectivity index (χ0n) is 9.19. The summed E-state index contributed by atoms with van der Waals surface area (Å²) in [6, 6.07) is 0. The van der Waals surface area contributed by atoms with Crippen LogP contribution in [0, 0.1) is 0 Å². The molecule has 1 aliphatic heterocycles. The van der Waals surface area contributed by atoms with Gasteiger partial charge in [-0.1, -0.05) is 0 Å². The first-order chi connectivity index (χ1) is 7.75. The number of carbonyl (C=O) groups is 1. The Bertz CT molecular complexity index is 359. The molecule has 1 aliphatic rings. The lowest BCUT2D eigenvalue weighted by Gasteiger charge is -2.25. The molecule has 88 valence electrons. The van der Waals surface area contributed by atoms with Gasteiger partial charge in [-0.15, -0.1) is 11.3 Å². The number of carboxylic acid groups (broad SMARTS) is 1. The van der Waals surface area contributed by atoms with E-state index in [2.05, 4.69) is 9.88 Å². The van der Waals surface area contributed by atoms with Crippen molar-refractivity contribution in [1.82, 2.24) is 4.98 Å². The van der Waals surface area contributed by atoms with Gasteiger partial charge in [0.05, 0.1) is 12.1 Å². The average molecular weight is 240 g/mol. The largest absolute Gasteiger partial charge is 0.481 e. The van der Waals surface area contributed by atoms with Crippen LogP contribution in [-0.2, 0) is 11.2 Å². The number of aryl methyl sites for hydroxylation is 1. The molecule has 0 radical (unpaired) electrons. The Balaban J connectivity index is 1.93. The third kappa shape index (κ3) is 2.95. The molecule has 1 saturated heterocycles. The number of aliphatic carboxylic acids is 1. The number of piperidine rings is 1. The van der Waals surface area contributed by atoms with Gasteiger partial charge in [0.2, 0.25) is 0 Å². The highest BCUT2D eigenvalue weighted by Crippen LogP contribution is 2.24. The highest BCUT2D eigenvalue weighted by atomic mass is 32.1. The van der Waals surface area contributed by atoms with E-state index in [9.17, 15) is 4.79 Å². The SMILES string of the molecule is O=C(O)CCc1csc(N2CCCCC2)n1. The predicted molar refractivity (Wildman–Crippen MR) is 64.1 cm³/mol. The maximum absolute atomic E-state index is 10.4. The molecule has 0 amide bonds. The normalized spacial score (nSPS) is 16.4. The van der Waals surface area contributed by atoms with E-state index in [0.717, 1.165) is 23.9 Å². The molecule has 16 heavy (non-hydrogen) atoms. The fraction of sp³-hybridized carbons (Fsp3) is 0.636. The number of thiazole rings is 1. The summed E-state index contributed by atoms with van der Waals surface area (Å²) in [5, 5.41) is 11.6. The highest BCUT2D eigenvalue weighted by molar-refractivity contribution is 7.13. The van der Waals surface area contributed by atoms with Crippen LogP contribution in [0.25, 0.3) is 0 Å². The number of hydrogen-bond acceptors (Lipinski definition) is 4.